The van der Waals surface area contributed by atoms with E-state index in [0.29, 0.717) is 29.8 Å². The van der Waals surface area contributed by atoms with E-state index in [2.05, 4.69) is 9.97 Å². The molecule has 1 aromatic carbocycles. The number of carbonyl (C=O) groups is 1. The number of nitrogens with zero attached hydrogens (tertiary/aromatic N) is 3. The summed E-state index contributed by atoms with van der Waals surface area (Å²) in [6.07, 6.45) is 7.25. The zero-order valence-corrected chi connectivity index (χ0v) is 14.3. The molecule has 2 aromatic heterocycles. The molecule has 1 aliphatic carbocycles. The van der Waals surface area contributed by atoms with Crippen LogP contribution in [-0.4, -0.2) is 26.8 Å². The van der Waals surface area contributed by atoms with Gasteiger partial charge in [0.1, 0.15) is 5.75 Å². The second-order valence-corrected chi connectivity index (χ2v) is 6.32. The van der Waals surface area contributed by atoms with Crippen LogP contribution in [0.4, 0.5) is 0 Å². The van der Waals surface area contributed by atoms with Crippen molar-refractivity contribution in [1.82, 2.24) is 14.9 Å². The van der Waals surface area contributed by atoms with Gasteiger partial charge in [0, 0.05) is 42.8 Å². The number of amides is 1. The molecule has 0 radical (unpaired) electrons. The molecule has 130 valence electrons. The lowest BCUT2D eigenvalue weighted by Gasteiger charge is -2.22. The molecule has 5 nitrogen and oxygen atoms in total. The van der Waals surface area contributed by atoms with Gasteiger partial charge in [0.15, 0.2) is 0 Å². The molecule has 26 heavy (non-hydrogen) atoms. The molecule has 0 bridgehead atoms. The minimum absolute atomic E-state index is 0.00309. The number of hydrogen-bond acceptors (Lipinski definition) is 4. The summed E-state index contributed by atoms with van der Waals surface area (Å²) in [5.41, 5.74) is 1.62. The second-order valence-electron chi connectivity index (χ2n) is 6.32. The van der Waals surface area contributed by atoms with Crippen molar-refractivity contribution in [1.29, 1.82) is 0 Å². The Labute approximate surface area is 152 Å². The maximum absolute atomic E-state index is 13.1. The summed E-state index contributed by atoms with van der Waals surface area (Å²) in [6, 6.07) is 17.0. The largest absolute Gasteiger partial charge is 0.439 e. The number of carbonyl (C=O) groups excluding carboxylic acids is 1. The zero-order chi connectivity index (χ0) is 17.8. The van der Waals surface area contributed by atoms with Crippen LogP contribution in [0, 0.1) is 0 Å². The number of para-hydroxylation sites is 1. The van der Waals surface area contributed by atoms with E-state index >= 15 is 0 Å². The minimum Gasteiger partial charge on any atom is -0.439 e. The number of pyridine rings is 2. The summed E-state index contributed by atoms with van der Waals surface area (Å²) in [7, 11) is 0. The maximum atomic E-state index is 13.1. The molecule has 1 saturated carbocycles. The van der Waals surface area contributed by atoms with Crippen molar-refractivity contribution in [2.45, 2.75) is 25.4 Å². The number of hydrogen-bond donors (Lipinski definition) is 0. The van der Waals surface area contributed by atoms with Gasteiger partial charge in [-0.05, 0) is 42.7 Å². The normalized spacial score (nSPS) is 13.2. The quantitative estimate of drug-likeness (QED) is 0.676. The van der Waals surface area contributed by atoms with E-state index in [9.17, 15) is 4.79 Å². The van der Waals surface area contributed by atoms with E-state index in [1.807, 2.05) is 47.4 Å². The van der Waals surface area contributed by atoms with Gasteiger partial charge >= 0.3 is 0 Å². The number of benzene rings is 1. The van der Waals surface area contributed by atoms with Crippen molar-refractivity contribution in [3.05, 3.63) is 84.3 Å². The topological polar surface area (TPSA) is 55.3 Å². The van der Waals surface area contributed by atoms with Crippen molar-refractivity contribution < 1.29 is 9.53 Å². The van der Waals surface area contributed by atoms with Gasteiger partial charge < -0.3 is 9.64 Å². The Morgan fingerprint density at radius 1 is 1.08 bits per heavy atom. The lowest BCUT2D eigenvalue weighted by atomic mass is 10.2. The van der Waals surface area contributed by atoms with Crippen LogP contribution in [0.15, 0.2) is 73.2 Å². The first-order valence-corrected chi connectivity index (χ1v) is 8.68. The average Bonchev–Trinajstić information content (AvgIpc) is 3.53. The Hall–Kier alpha value is -3.21. The highest BCUT2D eigenvalue weighted by Crippen LogP contribution is 2.30. The molecule has 1 amide bonds. The van der Waals surface area contributed by atoms with Gasteiger partial charge in [-0.2, -0.15) is 0 Å². The van der Waals surface area contributed by atoms with Crippen molar-refractivity contribution in [2.24, 2.45) is 0 Å². The molecule has 1 fully saturated rings. The van der Waals surface area contributed by atoms with E-state index in [4.69, 9.17) is 4.74 Å². The predicted octanol–water partition coefficient (Wildman–Crippen LogP) is 4.07. The van der Waals surface area contributed by atoms with Gasteiger partial charge in [0.2, 0.25) is 5.88 Å². The summed E-state index contributed by atoms with van der Waals surface area (Å²) >= 11 is 0. The third kappa shape index (κ3) is 3.88. The summed E-state index contributed by atoms with van der Waals surface area (Å²) in [5, 5.41) is 0. The standard InChI is InChI=1S/C21H19N3O2/c25-21(24(18-8-9-18)15-16-5-4-11-22-14-16)17-10-12-23-20(13-17)26-19-6-2-1-3-7-19/h1-7,10-14,18H,8-9,15H2. The first-order valence-electron chi connectivity index (χ1n) is 8.68. The maximum Gasteiger partial charge on any atom is 0.254 e. The second kappa shape index (κ2) is 7.35. The molecule has 5 heteroatoms. The fourth-order valence-electron chi connectivity index (χ4n) is 2.81. The molecule has 0 N–H and O–H groups in total. The summed E-state index contributed by atoms with van der Waals surface area (Å²) in [6.45, 7) is 0.564. The number of aromatic nitrogens is 2. The van der Waals surface area contributed by atoms with E-state index in [0.717, 1.165) is 18.4 Å². The molecule has 4 rings (SSSR count). The van der Waals surface area contributed by atoms with Gasteiger partial charge in [-0.3, -0.25) is 9.78 Å². The molecule has 1 aliphatic rings. The summed E-state index contributed by atoms with van der Waals surface area (Å²) < 4.78 is 5.75. The lowest BCUT2D eigenvalue weighted by Crippen LogP contribution is -2.32. The van der Waals surface area contributed by atoms with Gasteiger partial charge in [-0.15, -0.1) is 0 Å². The fraction of sp³-hybridized carbons (Fsp3) is 0.190. The Balaban J connectivity index is 1.53. The first-order chi connectivity index (χ1) is 12.8. The van der Waals surface area contributed by atoms with Gasteiger partial charge in [0.05, 0.1) is 0 Å². The molecule has 0 aliphatic heterocycles. The van der Waals surface area contributed by atoms with Gasteiger partial charge in [-0.1, -0.05) is 24.3 Å². The zero-order valence-electron chi connectivity index (χ0n) is 14.3. The molecule has 0 saturated heterocycles. The average molecular weight is 345 g/mol. The van der Waals surface area contributed by atoms with Crippen LogP contribution in [0.3, 0.4) is 0 Å². The predicted molar refractivity (Wildman–Crippen MR) is 97.9 cm³/mol. The van der Waals surface area contributed by atoms with Crippen molar-refractivity contribution >= 4 is 5.91 Å². The molecule has 3 aromatic rings. The lowest BCUT2D eigenvalue weighted by molar-refractivity contribution is 0.0729. The van der Waals surface area contributed by atoms with Crippen LogP contribution >= 0.6 is 0 Å². The Morgan fingerprint density at radius 3 is 2.65 bits per heavy atom. The SMILES string of the molecule is O=C(c1ccnc(Oc2ccccc2)c1)N(Cc1cccnc1)C1CC1. The van der Waals surface area contributed by atoms with E-state index in [1.165, 1.54) is 0 Å². The number of rotatable bonds is 6. The van der Waals surface area contributed by atoms with E-state index in [1.54, 1.807) is 30.7 Å². The van der Waals surface area contributed by atoms with Crippen LogP contribution < -0.4 is 4.74 Å². The Morgan fingerprint density at radius 2 is 1.92 bits per heavy atom. The van der Waals surface area contributed by atoms with E-state index < -0.39 is 0 Å². The minimum atomic E-state index is -0.00309. The molecular weight excluding hydrogens is 326 g/mol. The van der Waals surface area contributed by atoms with Crippen LogP contribution in [0.2, 0.25) is 0 Å². The van der Waals surface area contributed by atoms with Crippen LogP contribution in [-0.2, 0) is 6.54 Å². The van der Waals surface area contributed by atoms with Crippen LogP contribution in [0.5, 0.6) is 11.6 Å². The highest BCUT2D eigenvalue weighted by molar-refractivity contribution is 5.94. The Bertz CT molecular complexity index is 880. The van der Waals surface area contributed by atoms with Crippen molar-refractivity contribution in [2.75, 3.05) is 0 Å². The molecule has 2 heterocycles. The van der Waals surface area contributed by atoms with Crippen molar-refractivity contribution in [3.8, 4) is 11.6 Å². The van der Waals surface area contributed by atoms with Crippen molar-refractivity contribution in [3.63, 3.8) is 0 Å². The smallest absolute Gasteiger partial charge is 0.254 e. The van der Waals surface area contributed by atoms with E-state index in [-0.39, 0.29) is 5.91 Å². The third-order valence-corrected chi connectivity index (χ3v) is 4.27. The van der Waals surface area contributed by atoms with Crippen LogP contribution in [0.1, 0.15) is 28.8 Å². The molecule has 0 spiro atoms. The highest BCUT2D eigenvalue weighted by atomic mass is 16.5. The molecular formula is C21H19N3O2. The summed E-state index contributed by atoms with van der Waals surface area (Å²) in [5.74, 6) is 1.11. The highest BCUT2D eigenvalue weighted by Gasteiger charge is 2.33. The summed E-state index contributed by atoms with van der Waals surface area (Å²) in [4.78, 5) is 23.3. The number of ether oxygens (including phenoxy) is 1. The van der Waals surface area contributed by atoms with Gasteiger partial charge in [0.25, 0.3) is 5.91 Å². The molecule has 0 unspecified atom stereocenters. The fourth-order valence-corrected chi connectivity index (χ4v) is 2.81. The van der Waals surface area contributed by atoms with Crippen LogP contribution in [0.25, 0.3) is 0 Å². The Kier molecular flexibility index (Phi) is 4.60. The third-order valence-electron chi connectivity index (χ3n) is 4.27. The monoisotopic (exact) mass is 345 g/mol. The van der Waals surface area contributed by atoms with Gasteiger partial charge in [-0.25, -0.2) is 4.98 Å². The first kappa shape index (κ1) is 16.3. The molecule has 0 atom stereocenters.